The Kier molecular flexibility index (Phi) is 3.69. The van der Waals surface area contributed by atoms with Gasteiger partial charge in [0, 0.05) is 23.8 Å². The molecule has 1 fully saturated rings. The maximum absolute atomic E-state index is 11.9. The van der Waals surface area contributed by atoms with Crippen molar-refractivity contribution in [2.75, 3.05) is 29.5 Å². The number of anilines is 2. The molecule has 4 rings (SSSR count). The van der Waals surface area contributed by atoms with Gasteiger partial charge < -0.3 is 9.64 Å². The molecule has 1 amide bonds. The minimum absolute atomic E-state index is 0.239. The van der Waals surface area contributed by atoms with Gasteiger partial charge in [-0.1, -0.05) is 12.1 Å². The van der Waals surface area contributed by atoms with E-state index < -0.39 is 0 Å². The average molecular weight is 374 g/mol. The Morgan fingerprint density at radius 1 is 1.22 bits per heavy atom. The molecule has 0 N–H and O–H groups in total. The molecule has 3 heterocycles. The van der Waals surface area contributed by atoms with E-state index in [1.807, 2.05) is 18.3 Å². The van der Waals surface area contributed by atoms with Gasteiger partial charge >= 0.3 is 6.09 Å². The highest BCUT2D eigenvalue weighted by molar-refractivity contribution is 9.10. The summed E-state index contributed by atoms with van der Waals surface area (Å²) in [5, 5.41) is 0. The smallest absolute Gasteiger partial charge is 0.414 e. The third-order valence-corrected chi connectivity index (χ3v) is 4.78. The van der Waals surface area contributed by atoms with Crippen LogP contribution in [0.25, 0.3) is 0 Å². The zero-order valence-corrected chi connectivity index (χ0v) is 14.1. The molecule has 1 saturated heterocycles. The normalized spacial score (nSPS) is 17.2. The molecule has 0 aliphatic carbocycles. The van der Waals surface area contributed by atoms with Crippen molar-refractivity contribution in [2.45, 2.75) is 13.0 Å². The largest absolute Gasteiger partial charge is 0.447 e. The molecule has 0 spiro atoms. The number of halogens is 1. The number of rotatable bonds is 2. The molecular formula is C17H16BrN3O2. The average Bonchev–Trinajstić information content (AvgIpc) is 2.99. The molecule has 1 aromatic carbocycles. The molecule has 1 aromatic heterocycles. The van der Waals surface area contributed by atoms with Crippen LogP contribution in [0, 0.1) is 0 Å². The van der Waals surface area contributed by atoms with Gasteiger partial charge in [0.2, 0.25) is 0 Å². The summed E-state index contributed by atoms with van der Waals surface area (Å²) >= 11 is 3.48. The van der Waals surface area contributed by atoms with Crippen LogP contribution in [0.15, 0.2) is 41.1 Å². The van der Waals surface area contributed by atoms with Crippen molar-refractivity contribution in [3.8, 4) is 0 Å². The molecule has 118 valence electrons. The van der Waals surface area contributed by atoms with Gasteiger partial charge in [-0.3, -0.25) is 9.88 Å². The van der Waals surface area contributed by atoms with Crippen LogP contribution < -0.4 is 9.80 Å². The Morgan fingerprint density at radius 3 is 2.91 bits per heavy atom. The molecule has 0 saturated carbocycles. The van der Waals surface area contributed by atoms with Crippen LogP contribution in [-0.2, 0) is 17.7 Å². The molecule has 2 aliphatic rings. The first-order chi connectivity index (χ1) is 11.2. The second-order valence-electron chi connectivity index (χ2n) is 5.71. The number of benzene rings is 1. The van der Waals surface area contributed by atoms with Gasteiger partial charge in [0.15, 0.2) is 0 Å². The van der Waals surface area contributed by atoms with E-state index in [2.05, 4.69) is 37.9 Å². The molecule has 0 unspecified atom stereocenters. The standard InChI is InChI=1S/C17H16BrN3O2/c18-13-8-14(10-19-9-13)20-5-4-15-12(11-20)2-1-3-16(15)21-6-7-23-17(21)22/h1-3,8-10H,4-7,11H2. The number of carbonyl (C=O) groups excluding carboxylic acids is 1. The highest BCUT2D eigenvalue weighted by atomic mass is 79.9. The first-order valence-electron chi connectivity index (χ1n) is 7.63. The van der Waals surface area contributed by atoms with Crippen LogP contribution in [0.1, 0.15) is 11.1 Å². The molecule has 2 aliphatic heterocycles. The van der Waals surface area contributed by atoms with E-state index in [4.69, 9.17) is 4.74 Å². The fourth-order valence-corrected chi connectivity index (χ4v) is 3.60. The van der Waals surface area contributed by atoms with Gasteiger partial charge in [0.05, 0.1) is 24.1 Å². The van der Waals surface area contributed by atoms with E-state index in [9.17, 15) is 4.79 Å². The molecule has 0 bridgehead atoms. The number of nitrogens with zero attached hydrogens (tertiary/aromatic N) is 3. The number of amides is 1. The van der Waals surface area contributed by atoms with E-state index in [0.29, 0.717) is 13.2 Å². The summed E-state index contributed by atoms with van der Waals surface area (Å²) < 4.78 is 6.06. The number of aromatic nitrogens is 1. The number of cyclic esters (lactones) is 1. The van der Waals surface area contributed by atoms with Crippen molar-refractivity contribution in [1.29, 1.82) is 0 Å². The maximum Gasteiger partial charge on any atom is 0.414 e. The summed E-state index contributed by atoms with van der Waals surface area (Å²) in [6, 6.07) is 8.25. The summed E-state index contributed by atoms with van der Waals surface area (Å²) in [5.41, 5.74) is 4.62. The lowest BCUT2D eigenvalue weighted by atomic mass is 9.97. The zero-order valence-electron chi connectivity index (χ0n) is 12.5. The fraction of sp³-hybridized carbons (Fsp3) is 0.294. The lowest BCUT2D eigenvalue weighted by molar-refractivity contribution is 0.181. The first kappa shape index (κ1) is 14.5. The first-order valence-corrected chi connectivity index (χ1v) is 8.42. The minimum Gasteiger partial charge on any atom is -0.447 e. The molecule has 2 aromatic rings. The Balaban J connectivity index is 1.65. The SMILES string of the molecule is O=C1OCCN1c1cccc2c1CCN(c1cncc(Br)c1)C2. The molecule has 6 heteroatoms. The predicted molar refractivity (Wildman–Crippen MR) is 91.8 cm³/mol. The van der Waals surface area contributed by atoms with Crippen molar-refractivity contribution in [3.63, 3.8) is 0 Å². The Morgan fingerprint density at radius 2 is 2.13 bits per heavy atom. The van der Waals surface area contributed by atoms with Gasteiger partial charge in [-0.15, -0.1) is 0 Å². The van der Waals surface area contributed by atoms with Crippen molar-refractivity contribution in [3.05, 3.63) is 52.3 Å². The van der Waals surface area contributed by atoms with Crippen molar-refractivity contribution in [2.24, 2.45) is 0 Å². The summed E-state index contributed by atoms with van der Waals surface area (Å²) in [5.74, 6) is 0. The number of hydrogen-bond acceptors (Lipinski definition) is 4. The van der Waals surface area contributed by atoms with Crippen LogP contribution in [0.4, 0.5) is 16.2 Å². The van der Waals surface area contributed by atoms with E-state index in [-0.39, 0.29) is 6.09 Å². The van der Waals surface area contributed by atoms with Crippen LogP contribution in [0.2, 0.25) is 0 Å². The minimum atomic E-state index is -0.239. The van der Waals surface area contributed by atoms with E-state index in [0.717, 1.165) is 35.4 Å². The lowest BCUT2D eigenvalue weighted by Crippen LogP contribution is -2.33. The molecule has 5 nitrogen and oxygen atoms in total. The second-order valence-corrected chi connectivity index (χ2v) is 6.63. The molecule has 23 heavy (non-hydrogen) atoms. The Labute approximate surface area is 143 Å². The highest BCUT2D eigenvalue weighted by Gasteiger charge is 2.28. The third-order valence-electron chi connectivity index (χ3n) is 4.35. The fourth-order valence-electron chi connectivity index (χ4n) is 3.25. The number of fused-ring (bicyclic) bond motifs is 1. The lowest BCUT2D eigenvalue weighted by Gasteiger charge is -2.32. The van der Waals surface area contributed by atoms with Gasteiger partial charge in [-0.25, -0.2) is 4.79 Å². The van der Waals surface area contributed by atoms with Crippen LogP contribution in [0.5, 0.6) is 0 Å². The Bertz CT molecular complexity index is 765. The third kappa shape index (κ3) is 2.67. The van der Waals surface area contributed by atoms with Crippen molar-refractivity contribution in [1.82, 2.24) is 4.98 Å². The van der Waals surface area contributed by atoms with Gasteiger partial charge in [-0.05, 0) is 45.6 Å². The predicted octanol–water partition coefficient (Wildman–Crippen LogP) is 3.36. The van der Waals surface area contributed by atoms with E-state index in [1.165, 1.54) is 11.1 Å². The Hall–Kier alpha value is -2.08. The van der Waals surface area contributed by atoms with Gasteiger partial charge in [-0.2, -0.15) is 0 Å². The van der Waals surface area contributed by atoms with Crippen molar-refractivity contribution < 1.29 is 9.53 Å². The highest BCUT2D eigenvalue weighted by Crippen LogP contribution is 2.32. The summed E-state index contributed by atoms with van der Waals surface area (Å²) in [6.07, 6.45) is 4.34. The van der Waals surface area contributed by atoms with Crippen LogP contribution in [-0.4, -0.2) is 30.8 Å². The number of ether oxygens (including phenoxy) is 1. The van der Waals surface area contributed by atoms with Crippen LogP contribution >= 0.6 is 15.9 Å². The number of hydrogen-bond donors (Lipinski definition) is 0. The quantitative estimate of drug-likeness (QED) is 0.809. The van der Waals surface area contributed by atoms with E-state index in [1.54, 1.807) is 11.1 Å². The van der Waals surface area contributed by atoms with Gasteiger partial charge in [0.1, 0.15) is 6.61 Å². The second kappa shape index (κ2) is 5.85. The number of pyridine rings is 1. The van der Waals surface area contributed by atoms with Crippen LogP contribution in [0.3, 0.4) is 0 Å². The number of carbonyl (C=O) groups is 1. The zero-order chi connectivity index (χ0) is 15.8. The monoisotopic (exact) mass is 373 g/mol. The molecule has 0 atom stereocenters. The summed E-state index contributed by atoms with van der Waals surface area (Å²) in [4.78, 5) is 20.2. The van der Waals surface area contributed by atoms with Crippen molar-refractivity contribution >= 4 is 33.4 Å². The summed E-state index contributed by atoms with van der Waals surface area (Å²) in [6.45, 7) is 2.84. The summed E-state index contributed by atoms with van der Waals surface area (Å²) in [7, 11) is 0. The van der Waals surface area contributed by atoms with Gasteiger partial charge in [0.25, 0.3) is 0 Å². The topological polar surface area (TPSA) is 45.7 Å². The van der Waals surface area contributed by atoms with E-state index >= 15 is 0 Å². The molecular weight excluding hydrogens is 358 g/mol. The molecule has 0 radical (unpaired) electrons. The maximum atomic E-state index is 11.9.